The van der Waals surface area contributed by atoms with E-state index in [2.05, 4.69) is 6.92 Å². The van der Waals surface area contributed by atoms with Gasteiger partial charge in [0.25, 0.3) is 0 Å². The molecule has 1 rings (SSSR count). The van der Waals surface area contributed by atoms with Crippen LogP contribution in [0.4, 0.5) is 0 Å². The molecule has 3 heteroatoms. The van der Waals surface area contributed by atoms with E-state index in [1.165, 1.54) is 13.3 Å². The van der Waals surface area contributed by atoms with Gasteiger partial charge in [0.05, 0.1) is 0 Å². The number of esters is 1. The van der Waals surface area contributed by atoms with Crippen LogP contribution in [0.1, 0.15) is 46.0 Å². The van der Waals surface area contributed by atoms with Gasteiger partial charge in [-0.1, -0.05) is 13.3 Å². The van der Waals surface area contributed by atoms with Crippen molar-refractivity contribution in [3.63, 3.8) is 0 Å². The van der Waals surface area contributed by atoms with E-state index in [0.29, 0.717) is 5.92 Å². The van der Waals surface area contributed by atoms with Crippen molar-refractivity contribution >= 4 is 11.8 Å². The van der Waals surface area contributed by atoms with Crippen molar-refractivity contribution < 1.29 is 14.3 Å². The number of rotatable bonds is 3. The highest BCUT2D eigenvalue weighted by atomic mass is 16.5. The summed E-state index contributed by atoms with van der Waals surface area (Å²) in [5, 5.41) is 0. The van der Waals surface area contributed by atoms with Gasteiger partial charge in [-0.2, -0.15) is 0 Å². The fourth-order valence-electron chi connectivity index (χ4n) is 1.87. The lowest BCUT2D eigenvalue weighted by atomic mass is 9.88. The quantitative estimate of drug-likeness (QED) is 0.515. The first-order valence-corrected chi connectivity index (χ1v) is 5.28. The van der Waals surface area contributed by atoms with Crippen molar-refractivity contribution in [3.8, 4) is 0 Å². The van der Waals surface area contributed by atoms with Gasteiger partial charge in [0.1, 0.15) is 18.3 Å². The highest BCUT2D eigenvalue weighted by Crippen LogP contribution is 2.26. The Labute approximate surface area is 84.8 Å². The molecule has 0 bridgehead atoms. The maximum absolute atomic E-state index is 11.2. The van der Waals surface area contributed by atoms with Crippen LogP contribution in [0.5, 0.6) is 0 Å². The van der Waals surface area contributed by atoms with Crippen LogP contribution in [0.3, 0.4) is 0 Å². The molecule has 0 heterocycles. The van der Waals surface area contributed by atoms with Gasteiger partial charge in [-0.3, -0.25) is 9.59 Å². The van der Waals surface area contributed by atoms with E-state index in [0.717, 1.165) is 19.3 Å². The van der Waals surface area contributed by atoms with Crippen molar-refractivity contribution in [1.29, 1.82) is 0 Å². The minimum Gasteiger partial charge on any atom is -0.462 e. The Morgan fingerprint density at radius 3 is 2.50 bits per heavy atom. The van der Waals surface area contributed by atoms with E-state index in [9.17, 15) is 9.59 Å². The Morgan fingerprint density at radius 1 is 1.29 bits per heavy atom. The third-order valence-electron chi connectivity index (χ3n) is 2.71. The Balaban J connectivity index is 2.34. The average molecular weight is 198 g/mol. The Bertz CT molecular complexity index is 223. The van der Waals surface area contributed by atoms with Gasteiger partial charge in [0, 0.05) is 0 Å². The van der Waals surface area contributed by atoms with E-state index in [1.54, 1.807) is 0 Å². The molecule has 80 valence electrons. The number of Topliss-reactive ketones (excluding diaryl/α,β-unsaturated/α-hetero) is 1. The summed E-state index contributed by atoms with van der Waals surface area (Å²) in [7, 11) is 0. The molecule has 0 aromatic carbocycles. The Hall–Kier alpha value is -0.860. The second-order valence-electron chi connectivity index (χ2n) is 4.17. The minimum absolute atomic E-state index is 0.0376. The summed E-state index contributed by atoms with van der Waals surface area (Å²) in [6, 6.07) is 0. The number of hydrogen-bond donors (Lipinski definition) is 0. The number of carbonyl (C=O) groups is 2. The standard InChI is InChI=1S/C11H18O3/c1-8-5-3-4-6-10(8)14-11(13)7-9(2)12/h8,10H,3-7H2,1-2H3/t8-,10-/m1/s1. The SMILES string of the molecule is CC(=O)CC(=O)O[C@@H]1CCCC[C@H]1C. The number of ketones is 1. The number of ether oxygens (including phenoxy) is 1. The van der Waals surface area contributed by atoms with Gasteiger partial charge in [-0.05, 0) is 32.1 Å². The van der Waals surface area contributed by atoms with Crippen LogP contribution in [-0.4, -0.2) is 17.9 Å². The van der Waals surface area contributed by atoms with Gasteiger partial charge in [-0.25, -0.2) is 0 Å². The molecule has 1 aliphatic rings. The maximum Gasteiger partial charge on any atom is 0.313 e. The largest absolute Gasteiger partial charge is 0.462 e. The van der Waals surface area contributed by atoms with E-state index < -0.39 is 0 Å². The van der Waals surface area contributed by atoms with Crippen molar-refractivity contribution in [2.75, 3.05) is 0 Å². The highest BCUT2D eigenvalue weighted by Gasteiger charge is 2.24. The van der Waals surface area contributed by atoms with Crippen molar-refractivity contribution in [1.82, 2.24) is 0 Å². The molecule has 1 saturated carbocycles. The third kappa shape index (κ3) is 3.48. The minimum atomic E-state index is -0.365. The first-order chi connectivity index (χ1) is 6.59. The molecule has 0 aromatic heterocycles. The van der Waals surface area contributed by atoms with Crippen LogP contribution in [0.2, 0.25) is 0 Å². The number of hydrogen-bond acceptors (Lipinski definition) is 3. The molecule has 14 heavy (non-hydrogen) atoms. The molecule has 0 spiro atoms. The molecule has 1 fully saturated rings. The van der Waals surface area contributed by atoms with Gasteiger partial charge >= 0.3 is 5.97 Å². The van der Waals surface area contributed by atoms with E-state index in [-0.39, 0.29) is 24.3 Å². The fraction of sp³-hybridized carbons (Fsp3) is 0.818. The van der Waals surface area contributed by atoms with Crippen LogP contribution in [0.15, 0.2) is 0 Å². The van der Waals surface area contributed by atoms with E-state index >= 15 is 0 Å². The van der Waals surface area contributed by atoms with Gasteiger partial charge in [0.15, 0.2) is 0 Å². The lowest BCUT2D eigenvalue weighted by molar-refractivity contribution is -0.154. The van der Waals surface area contributed by atoms with Crippen LogP contribution in [0.25, 0.3) is 0 Å². The molecule has 0 unspecified atom stereocenters. The molecule has 0 aromatic rings. The summed E-state index contributed by atoms with van der Waals surface area (Å²) in [6.45, 7) is 3.51. The normalized spacial score (nSPS) is 27.0. The van der Waals surface area contributed by atoms with Gasteiger partial charge < -0.3 is 4.74 Å². The molecular formula is C11H18O3. The van der Waals surface area contributed by atoms with E-state index in [4.69, 9.17) is 4.74 Å². The van der Waals surface area contributed by atoms with Crippen molar-refractivity contribution in [3.05, 3.63) is 0 Å². The van der Waals surface area contributed by atoms with Crippen LogP contribution in [-0.2, 0) is 14.3 Å². The second kappa shape index (κ2) is 5.13. The first kappa shape index (κ1) is 11.2. The van der Waals surface area contributed by atoms with Gasteiger partial charge in [0.2, 0.25) is 0 Å². The summed E-state index contributed by atoms with van der Waals surface area (Å²) in [6.07, 6.45) is 4.38. The van der Waals surface area contributed by atoms with Crippen molar-refractivity contribution in [2.45, 2.75) is 52.1 Å². The molecule has 2 atom stereocenters. The fourth-order valence-corrected chi connectivity index (χ4v) is 1.87. The summed E-state index contributed by atoms with van der Waals surface area (Å²) < 4.78 is 5.25. The Kier molecular flexibility index (Phi) is 4.11. The zero-order valence-corrected chi connectivity index (χ0v) is 8.91. The molecule has 0 saturated heterocycles. The molecule has 0 aliphatic heterocycles. The van der Waals surface area contributed by atoms with Crippen LogP contribution in [0, 0.1) is 5.92 Å². The summed E-state index contributed by atoms with van der Waals surface area (Å²) in [5.74, 6) is -0.0469. The predicted octanol–water partition coefficient (Wildman–Crippen LogP) is 2.09. The molecular weight excluding hydrogens is 180 g/mol. The molecule has 1 aliphatic carbocycles. The van der Waals surface area contributed by atoms with Crippen LogP contribution < -0.4 is 0 Å². The molecule has 3 nitrogen and oxygen atoms in total. The lowest BCUT2D eigenvalue weighted by Gasteiger charge is -2.28. The zero-order chi connectivity index (χ0) is 10.6. The van der Waals surface area contributed by atoms with Crippen molar-refractivity contribution in [2.24, 2.45) is 5.92 Å². The smallest absolute Gasteiger partial charge is 0.313 e. The summed E-state index contributed by atoms with van der Waals surface area (Å²) >= 11 is 0. The average Bonchev–Trinajstić information content (AvgIpc) is 2.07. The molecule has 0 amide bonds. The zero-order valence-electron chi connectivity index (χ0n) is 8.91. The molecule has 0 radical (unpaired) electrons. The highest BCUT2D eigenvalue weighted by molar-refractivity contribution is 5.94. The maximum atomic E-state index is 11.2. The van der Waals surface area contributed by atoms with E-state index in [1.807, 2.05) is 0 Å². The molecule has 0 N–H and O–H groups in total. The van der Waals surface area contributed by atoms with Crippen LogP contribution >= 0.6 is 0 Å². The third-order valence-corrected chi connectivity index (χ3v) is 2.71. The predicted molar refractivity (Wildman–Crippen MR) is 52.8 cm³/mol. The second-order valence-corrected chi connectivity index (χ2v) is 4.17. The summed E-state index contributed by atoms with van der Waals surface area (Å²) in [5.41, 5.74) is 0. The topological polar surface area (TPSA) is 43.4 Å². The monoisotopic (exact) mass is 198 g/mol. The van der Waals surface area contributed by atoms with Gasteiger partial charge in [-0.15, -0.1) is 0 Å². The Morgan fingerprint density at radius 2 is 1.93 bits per heavy atom. The first-order valence-electron chi connectivity index (χ1n) is 5.28. The number of carbonyl (C=O) groups excluding carboxylic acids is 2. The summed E-state index contributed by atoms with van der Waals surface area (Å²) in [4.78, 5) is 21.9. The lowest BCUT2D eigenvalue weighted by Crippen LogP contribution is -2.28.